The Balaban J connectivity index is 1.55. The first kappa shape index (κ1) is 17.1. The Morgan fingerprint density at radius 1 is 1.29 bits per heavy atom. The smallest absolute Gasteiger partial charge is 0.123 e. The molecule has 1 unspecified atom stereocenters. The highest BCUT2D eigenvalue weighted by Gasteiger charge is 2.21. The van der Waals surface area contributed by atoms with Gasteiger partial charge in [0, 0.05) is 32.9 Å². The van der Waals surface area contributed by atoms with Gasteiger partial charge in [-0.05, 0) is 49.4 Å². The number of hydrogen-bond donors (Lipinski definition) is 0. The molecule has 0 bridgehead atoms. The zero-order valence-corrected chi connectivity index (χ0v) is 14.3. The fourth-order valence-corrected chi connectivity index (χ4v) is 3.52. The molecule has 3 rings (SSSR count). The SMILES string of the molecule is COCCn1cncc1CN1CCCC(Cc2ccc(F)cc2)C1. The van der Waals surface area contributed by atoms with E-state index in [9.17, 15) is 4.39 Å². The van der Waals surface area contributed by atoms with Gasteiger partial charge in [0.25, 0.3) is 0 Å². The lowest BCUT2D eigenvalue weighted by Crippen LogP contribution is -2.36. The van der Waals surface area contributed by atoms with E-state index in [1.54, 1.807) is 19.2 Å². The van der Waals surface area contributed by atoms with E-state index in [1.165, 1.54) is 24.1 Å². The second-order valence-electron chi connectivity index (χ2n) is 6.65. The molecule has 1 saturated heterocycles. The van der Waals surface area contributed by atoms with Crippen LogP contribution in [0.4, 0.5) is 4.39 Å². The molecule has 24 heavy (non-hydrogen) atoms. The molecule has 0 radical (unpaired) electrons. The largest absolute Gasteiger partial charge is 0.383 e. The van der Waals surface area contributed by atoms with Crippen LogP contribution in [0.25, 0.3) is 0 Å². The maximum Gasteiger partial charge on any atom is 0.123 e. The van der Waals surface area contributed by atoms with E-state index >= 15 is 0 Å². The summed E-state index contributed by atoms with van der Waals surface area (Å²) in [5.41, 5.74) is 2.47. The van der Waals surface area contributed by atoms with Gasteiger partial charge in [0.1, 0.15) is 5.82 Å². The summed E-state index contributed by atoms with van der Waals surface area (Å²) in [5.74, 6) is 0.480. The minimum Gasteiger partial charge on any atom is -0.383 e. The maximum absolute atomic E-state index is 13.0. The summed E-state index contributed by atoms with van der Waals surface area (Å²) in [6, 6.07) is 6.94. The highest BCUT2D eigenvalue weighted by molar-refractivity contribution is 5.16. The van der Waals surface area contributed by atoms with Gasteiger partial charge < -0.3 is 9.30 Å². The molecule has 4 nitrogen and oxygen atoms in total. The van der Waals surface area contributed by atoms with E-state index in [-0.39, 0.29) is 5.82 Å². The molecular weight excluding hydrogens is 305 g/mol. The number of hydrogen-bond acceptors (Lipinski definition) is 3. The third kappa shape index (κ3) is 4.65. The topological polar surface area (TPSA) is 30.3 Å². The third-order valence-corrected chi connectivity index (χ3v) is 4.76. The van der Waals surface area contributed by atoms with Crippen LogP contribution in [0.5, 0.6) is 0 Å². The van der Waals surface area contributed by atoms with Crippen molar-refractivity contribution in [3.63, 3.8) is 0 Å². The van der Waals surface area contributed by atoms with Crippen molar-refractivity contribution in [1.82, 2.24) is 14.5 Å². The van der Waals surface area contributed by atoms with Crippen LogP contribution in [0.3, 0.4) is 0 Å². The van der Waals surface area contributed by atoms with Gasteiger partial charge in [-0.1, -0.05) is 12.1 Å². The van der Waals surface area contributed by atoms with E-state index in [0.717, 1.165) is 32.6 Å². The fourth-order valence-electron chi connectivity index (χ4n) is 3.52. The Bertz CT molecular complexity index is 626. The normalized spacial score (nSPS) is 18.8. The monoisotopic (exact) mass is 331 g/mol. The summed E-state index contributed by atoms with van der Waals surface area (Å²) >= 11 is 0. The summed E-state index contributed by atoms with van der Waals surface area (Å²) in [6.07, 6.45) is 7.34. The quantitative estimate of drug-likeness (QED) is 0.781. The van der Waals surface area contributed by atoms with Gasteiger partial charge in [0.15, 0.2) is 0 Å². The molecule has 130 valence electrons. The zero-order valence-electron chi connectivity index (χ0n) is 14.3. The fraction of sp³-hybridized carbons (Fsp3) is 0.526. The average Bonchev–Trinajstić information content (AvgIpc) is 3.02. The number of piperidine rings is 1. The van der Waals surface area contributed by atoms with Gasteiger partial charge in [0.2, 0.25) is 0 Å². The van der Waals surface area contributed by atoms with Crippen LogP contribution in [-0.2, 0) is 24.2 Å². The molecule has 5 heteroatoms. The summed E-state index contributed by atoms with van der Waals surface area (Å²) in [7, 11) is 1.72. The lowest BCUT2D eigenvalue weighted by Gasteiger charge is -2.33. The molecule has 2 heterocycles. The van der Waals surface area contributed by atoms with Crippen LogP contribution in [0.2, 0.25) is 0 Å². The van der Waals surface area contributed by atoms with Gasteiger partial charge in [-0.15, -0.1) is 0 Å². The summed E-state index contributed by atoms with van der Waals surface area (Å²) in [5, 5.41) is 0. The summed E-state index contributed by atoms with van der Waals surface area (Å²) in [6.45, 7) is 4.71. The van der Waals surface area contributed by atoms with E-state index in [4.69, 9.17) is 4.74 Å². The first-order valence-electron chi connectivity index (χ1n) is 8.69. The molecule has 2 aromatic rings. The van der Waals surface area contributed by atoms with Crippen molar-refractivity contribution >= 4 is 0 Å². The van der Waals surface area contributed by atoms with Crippen molar-refractivity contribution in [3.05, 3.63) is 53.9 Å². The number of ether oxygens (including phenoxy) is 1. The number of rotatable bonds is 7. The molecule has 0 spiro atoms. The highest BCUT2D eigenvalue weighted by atomic mass is 19.1. The van der Waals surface area contributed by atoms with E-state index in [0.29, 0.717) is 12.5 Å². The number of nitrogens with zero attached hydrogens (tertiary/aromatic N) is 3. The average molecular weight is 331 g/mol. The van der Waals surface area contributed by atoms with Gasteiger partial charge in [-0.2, -0.15) is 0 Å². The van der Waals surface area contributed by atoms with Gasteiger partial charge in [0.05, 0.1) is 18.6 Å². The lowest BCUT2D eigenvalue weighted by molar-refractivity contribution is 0.159. The minimum absolute atomic E-state index is 0.159. The Labute approximate surface area is 143 Å². The number of methoxy groups -OCH3 is 1. The van der Waals surface area contributed by atoms with Gasteiger partial charge >= 0.3 is 0 Å². The first-order chi connectivity index (χ1) is 11.7. The molecule has 1 aliphatic rings. The molecule has 1 aliphatic heterocycles. The van der Waals surface area contributed by atoms with E-state index < -0.39 is 0 Å². The van der Waals surface area contributed by atoms with Crippen molar-refractivity contribution in [2.24, 2.45) is 5.92 Å². The standard InChI is InChI=1S/C19H26FN3O/c1-24-10-9-23-15-21-12-19(23)14-22-8-2-3-17(13-22)11-16-4-6-18(20)7-5-16/h4-7,12,15,17H,2-3,8-11,13-14H2,1H3. The van der Waals surface area contributed by atoms with E-state index in [2.05, 4.69) is 14.5 Å². The number of benzene rings is 1. The molecule has 0 aliphatic carbocycles. The Hall–Kier alpha value is -1.72. The Morgan fingerprint density at radius 2 is 2.12 bits per heavy atom. The molecule has 1 aromatic heterocycles. The zero-order chi connectivity index (χ0) is 16.8. The molecule has 1 atom stereocenters. The number of halogens is 1. The summed E-state index contributed by atoms with van der Waals surface area (Å²) < 4.78 is 20.4. The predicted molar refractivity (Wildman–Crippen MR) is 92.2 cm³/mol. The molecular formula is C19H26FN3O. The minimum atomic E-state index is -0.159. The van der Waals surface area contributed by atoms with Crippen LogP contribution < -0.4 is 0 Å². The van der Waals surface area contributed by atoms with Crippen LogP contribution in [0, 0.1) is 11.7 Å². The van der Waals surface area contributed by atoms with Crippen LogP contribution >= 0.6 is 0 Å². The van der Waals surface area contributed by atoms with Crippen LogP contribution in [-0.4, -0.2) is 41.3 Å². The molecule has 0 saturated carbocycles. The van der Waals surface area contributed by atoms with Crippen molar-refractivity contribution in [3.8, 4) is 0 Å². The van der Waals surface area contributed by atoms with Gasteiger partial charge in [-0.25, -0.2) is 9.37 Å². The number of likely N-dealkylation sites (tertiary alicyclic amines) is 1. The van der Waals surface area contributed by atoms with Crippen molar-refractivity contribution < 1.29 is 9.13 Å². The van der Waals surface area contributed by atoms with Crippen LogP contribution in [0.1, 0.15) is 24.1 Å². The first-order valence-corrected chi connectivity index (χ1v) is 8.69. The lowest BCUT2D eigenvalue weighted by atomic mass is 9.91. The Kier molecular flexibility index (Phi) is 5.99. The van der Waals surface area contributed by atoms with E-state index in [1.807, 2.05) is 24.7 Å². The van der Waals surface area contributed by atoms with Crippen LogP contribution in [0.15, 0.2) is 36.8 Å². The highest BCUT2D eigenvalue weighted by Crippen LogP contribution is 2.22. The second-order valence-corrected chi connectivity index (χ2v) is 6.65. The molecule has 1 fully saturated rings. The molecule has 0 amide bonds. The number of aromatic nitrogens is 2. The summed E-state index contributed by atoms with van der Waals surface area (Å²) in [4.78, 5) is 6.79. The predicted octanol–water partition coefficient (Wildman–Crippen LogP) is 3.12. The number of imidazole rings is 1. The van der Waals surface area contributed by atoms with Crippen molar-refractivity contribution in [1.29, 1.82) is 0 Å². The molecule has 1 aromatic carbocycles. The van der Waals surface area contributed by atoms with Crippen molar-refractivity contribution in [2.45, 2.75) is 32.4 Å². The molecule has 0 N–H and O–H groups in total. The third-order valence-electron chi connectivity index (χ3n) is 4.76. The second kappa shape index (κ2) is 8.40. The Morgan fingerprint density at radius 3 is 2.92 bits per heavy atom. The van der Waals surface area contributed by atoms with Gasteiger partial charge in [-0.3, -0.25) is 4.90 Å². The van der Waals surface area contributed by atoms with Crippen molar-refractivity contribution in [2.75, 3.05) is 26.8 Å². The maximum atomic E-state index is 13.0.